The third-order valence-corrected chi connectivity index (χ3v) is 5.40. The number of benzene rings is 1. The molecule has 1 atom stereocenters. The maximum absolute atomic E-state index is 12.8. The Balaban J connectivity index is 1.57. The average Bonchev–Trinajstić information content (AvgIpc) is 2.87. The summed E-state index contributed by atoms with van der Waals surface area (Å²) >= 11 is 5.89. The lowest BCUT2D eigenvalue weighted by molar-refractivity contribution is -0.134. The third kappa shape index (κ3) is 4.33. The van der Waals surface area contributed by atoms with Gasteiger partial charge in [0.15, 0.2) is 0 Å². The Kier molecular flexibility index (Phi) is 5.85. The molecule has 7 heteroatoms. The number of hydrogen-bond acceptors (Lipinski definition) is 3. The molecular formula is C20H24ClN3O3. The smallest absolute Gasteiger partial charge is 0.325 e. The van der Waals surface area contributed by atoms with Gasteiger partial charge in [-0.15, -0.1) is 0 Å². The number of carbonyl (C=O) groups excluding carboxylic acids is 3. The molecule has 0 bridgehead atoms. The van der Waals surface area contributed by atoms with Crippen LogP contribution >= 0.6 is 11.6 Å². The second kappa shape index (κ2) is 8.13. The van der Waals surface area contributed by atoms with Crippen molar-refractivity contribution in [1.29, 1.82) is 0 Å². The van der Waals surface area contributed by atoms with Gasteiger partial charge in [-0.25, -0.2) is 4.79 Å². The molecule has 0 aromatic heterocycles. The third-order valence-electron chi connectivity index (χ3n) is 5.15. The molecule has 1 aromatic rings. The molecule has 1 aromatic carbocycles. The van der Waals surface area contributed by atoms with Crippen molar-refractivity contribution in [2.45, 2.75) is 44.6 Å². The molecule has 0 radical (unpaired) electrons. The second-order valence-electron chi connectivity index (χ2n) is 7.16. The Morgan fingerprint density at radius 2 is 2.00 bits per heavy atom. The first-order valence-corrected chi connectivity index (χ1v) is 9.63. The van der Waals surface area contributed by atoms with E-state index in [-0.39, 0.29) is 12.5 Å². The highest BCUT2D eigenvalue weighted by molar-refractivity contribution is 6.30. The van der Waals surface area contributed by atoms with Gasteiger partial charge < -0.3 is 10.6 Å². The summed E-state index contributed by atoms with van der Waals surface area (Å²) in [6.45, 7) is 1.86. The minimum atomic E-state index is -1.20. The van der Waals surface area contributed by atoms with Crippen molar-refractivity contribution in [2.75, 3.05) is 13.1 Å². The van der Waals surface area contributed by atoms with Gasteiger partial charge in [-0.3, -0.25) is 14.5 Å². The van der Waals surface area contributed by atoms with E-state index in [2.05, 4.69) is 16.7 Å². The molecule has 2 aliphatic rings. The van der Waals surface area contributed by atoms with E-state index in [0.717, 1.165) is 24.2 Å². The maximum atomic E-state index is 12.8. The van der Waals surface area contributed by atoms with Crippen LogP contribution in [0.3, 0.4) is 0 Å². The van der Waals surface area contributed by atoms with Gasteiger partial charge in [0.25, 0.3) is 5.91 Å². The fourth-order valence-electron chi connectivity index (χ4n) is 3.51. The lowest BCUT2D eigenvalue weighted by Crippen LogP contribution is -2.43. The highest BCUT2D eigenvalue weighted by atomic mass is 35.5. The first-order chi connectivity index (χ1) is 12.9. The van der Waals surface area contributed by atoms with Gasteiger partial charge in [-0.2, -0.15) is 0 Å². The van der Waals surface area contributed by atoms with Gasteiger partial charge >= 0.3 is 6.03 Å². The van der Waals surface area contributed by atoms with Crippen LogP contribution in [0.15, 0.2) is 35.9 Å². The zero-order chi connectivity index (χ0) is 19.4. The van der Waals surface area contributed by atoms with Crippen molar-refractivity contribution in [2.24, 2.45) is 0 Å². The Bertz CT molecular complexity index is 775. The Labute approximate surface area is 163 Å². The van der Waals surface area contributed by atoms with Gasteiger partial charge in [-0.1, -0.05) is 35.4 Å². The summed E-state index contributed by atoms with van der Waals surface area (Å²) < 4.78 is 0. The normalized spacial score (nSPS) is 22.4. The zero-order valence-electron chi connectivity index (χ0n) is 15.4. The van der Waals surface area contributed by atoms with Crippen LogP contribution in [-0.2, 0) is 15.1 Å². The molecule has 3 rings (SSSR count). The Morgan fingerprint density at radius 1 is 1.26 bits per heavy atom. The minimum Gasteiger partial charge on any atom is -0.354 e. The van der Waals surface area contributed by atoms with E-state index in [1.807, 2.05) is 0 Å². The van der Waals surface area contributed by atoms with Crippen LogP contribution < -0.4 is 10.6 Å². The zero-order valence-corrected chi connectivity index (χ0v) is 16.1. The van der Waals surface area contributed by atoms with E-state index in [0.29, 0.717) is 17.1 Å². The quantitative estimate of drug-likeness (QED) is 0.579. The molecule has 1 heterocycles. The summed E-state index contributed by atoms with van der Waals surface area (Å²) in [6.07, 6.45) is 7.68. The fraction of sp³-hybridized carbons (Fsp3) is 0.450. The lowest BCUT2D eigenvalue weighted by atomic mass is 9.92. The van der Waals surface area contributed by atoms with Gasteiger partial charge in [0, 0.05) is 11.6 Å². The molecular weight excluding hydrogens is 366 g/mol. The number of rotatable bonds is 6. The minimum absolute atomic E-state index is 0.285. The average molecular weight is 390 g/mol. The number of nitrogens with zero attached hydrogens (tertiary/aromatic N) is 1. The molecule has 1 aliphatic carbocycles. The maximum Gasteiger partial charge on any atom is 0.325 e. The Hall–Kier alpha value is -2.34. The van der Waals surface area contributed by atoms with Gasteiger partial charge in [0.05, 0.1) is 0 Å². The lowest BCUT2D eigenvalue weighted by Gasteiger charge is -2.22. The molecule has 1 fully saturated rings. The number of allylic oxidation sites excluding steroid dienone is 1. The largest absolute Gasteiger partial charge is 0.354 e. The van der Waals surface area contributed by atoms with Crippen molar-refractivity contribution >= 4 is 29.4 Å². The van der Waals surface area contributed by atoms with Crippen molar-refractivity contribution in [3.8, 4) is 0 Å². The molecule has 0 saturated carbocycles. The van der Waals surface area contributed by atoms with Crippen LogP contribution in [0, 0.1) is 0 Å². The number of imide groups is 1. The van der Waals surface area contributed by atoms with Crippen LogP contribution in [0.5, 0.6) is 0 Å². The number of urea groups is 1. The number of amides is 4. The summed E-state index contributed by atoms with van der Waals surface area (Å²) in [7, 11) is 0. The topological polar surface area (TPSA) is 78.5 Å². The van der Waals surface area contributed by atoms with Crippen molar-refractivity contribution in [3.05, 3.63) is 46.5 Å². The fourth-order valence-corrected chi connectivity index (χ4v) is 3.64. The van der Waals surface area contributed by atoms with Crippen molar-refractivity contribution in [1.82, 2.24) is 15.5 Å². The highest BCUT2D eigenvalue weighted by Gasteiger charge is 2.49. The summed E-state index contributed by atoms with van der Waals surface area (Å²) in [5.41, 5.74) is 0.791. The van der Waals surface area contributed by atoms with Crippen LogP contribution in [0.25, 0.3) is 0 Å². The molecule has 27 heavy (non-hydrogen) atoms. The van der Waals surface area contributed by atoms with Crippen LogP contribution in [0.1, 0.15) is 44.6 Å². The summed E-state index contributed by atoms with van der Waals surface area (Å²) in [5, 5.41) is 6.03. The predicted molar refractivity (Wildman–Crippen MR) is 103 cm³/mol. The van der Waals surface area contributed by atoms with Crippen molar-refractivity contribution < 1.29 is 14.4 Å². The van der Waals surface area contributed by atoms with Gasteiger partial charge in [0.1, 0.15) is 12.1 Å². The molecule has 0 unspecified atom stereocenters. The van der Waals surface area contributed by atoms with E-state index in [4.69, 9.17) is 11.6 Å². The monoisotopic (exact) mass is 389 g/mol. The summed E-state index contributed by atoms with van der Waals surface area (Å²) in [4.78, 5) is 38.2. The molecule has 1 aliphatic heterocycles. The number of hydrogen-bond donors (Lipinski definition) is 2. The standard InChI is InChI=1S/C20H24ClN3O3/c1-20(15-7-9-16(21)10-8-15)18(26)24(19(27)23-20)13-17(25)22-12-11-14-5-3-2-4-6-14/h5,7-10H,2-4,6,11-13H2,1H3,(H,22,25)(H,23,27)/t20-/m1/s1. The number of halogens is 1. The number of nitrogens with one attached hydrogen (secondary N) is 2. The molecule has 144 valence electrons. The first kappa shape index (κ1) is 19.4. The van der Waals surface area contributed by atoms with Crippen LogP contribution in [0.2, 0.25) is 5.02 Å². The molecule has 4 amide bonds. The summed E-state index contributed by atoms with van der Waals surface area (Å²) in [6, 6.07) is 6.15. The van der Waals surface area contributed by atoms with Crippen LogP contribution in [0.4, 0.5) is 4.79 Å². The van der Waals surface area contributed by atoms with E-state index >= 15 is 0 Å². The Morgan fingerprint density at radius 3 is 2.67 bits per heavy atom. The van der Waals surface area contributed by atoms with E-state index in [1.165, 1.54) is 18.4 Å². The van der Waals surface area contributed by atoms with Crippen molar-refractivity contribution in [3.63, 3.8) is 0 Å². The molecule has 0 spiro atoms. The SMILES string of the molecule is C[C@]1(c2ccc(Cl)cc2)NC(=O)N(CC(=O)NCCC2=CCCCC2)C1=O. The predicted octanol–water partition coefficient (Wildman–Crippen LogP) is 3.11. The van der Waals surface area contributed by atoms with E-state index < -0.39 is 17.5 Å². The first-order valence-electron chi connectivity index (χ1n) is 9.25. The van der Waals surface area contributed by atoms with E-state index in [9.17, 15) is 14.4 Å². The highest BCUT2D eigenvalue weighted by Crippen LogP contribution is 2.29. The molecule has 1 saturated heterocycles. The molecule has 2 N–H and O–H groups in total. The number of carbonyl (C=O) groups is 3. The van der Waals surface area contributed by atoms with Crippen LogP contribution in [-0.4, -0.2) is 35.8 Å². The van der Waals surface area contributed by atoms with Gasteiger partial charge in [0.2, 0.25) is 5.91 Å². The second-order valence-corrected chi connectivity index (χ2v) is 7.60. The van der Waals surface area contributed by atoms with E-state index in [1.54, 1.807) is 31.2 Å². The van der Waals surface area contributed by atoms with Gasteiger partial charge in [-0.05, 0) is 56.7 Å². The summed E-state index contributed by atoms with van der Waals surface area (Å²) in [5.74, 6) is -0.782. The molecule has 6 nitrogen and oxygen atoms in total.